The zero-order chi connectivity index (χ0) is 24.5. The third-order valence-electron chi connectivity index (χ3n) is 5.02. The summed E-state index contributed by atoms with van der Waals surface area (Å²) in [4.78, 5) is 38.8. The van der Waals surface area contributed by atoms with E-state index in [0.717, 1.165) is 16.1 Å². The number of amides is 2. The van der Waals surface area contributed by atoms with E-state index in [4.69, 9.17) is 6.42 Å². The number of aromatic nitrogens is 5. The van der Waals surface area contributed by atoms with Crippen molar-refractivity contribution in [1.82, 2.24) is 29.6 Å². The van der Waals surface area contributed by atoms with Gasteiger partial charge in [-0.25, -0.2) is 19.7 Å². The molecule has 2 N–H and O–H groups in total. The van der Waals surface area contributed by atoms with Crippen LogP contribution in [0.25, 0.3) is 22.3 Å². The zero-order valence-electron chi connectivity index (χ0n) is 19.5. The lowest BCUT2D eigenvalue weighted by molar-refractivity contribution is -0.120. The van der Waals surface area contributed by atoms with Gasteiger partial charge in [0.05, 0.1) is 11.4 Å². The predicted octanol–water partition coefficient (Wildman–Crippen LogP) is 3.07. The Kier molecular flexibility index (Phi) is 6.35. The molecule has 10 heteroatoms. The number of fused-ring (bicyclic) bond motifs is 1. The Morgan fingerprint density at radius 3 is 2.61 bits per heavy atom. The van der Waals surface area contributed by atoms with Gasteiger partial charge in [-0.15, -0.1) is 6.42 Å². The topological polar surface area (TPSA) is 126 Å². The summed E-state index contributed by atoms with van der Waals surface area (Å²) in [6, 6.07) is 2.39. The second-order valence-electron chi connectivity index (χ2n) is 9.04. The molecule has 10 nitrogen and oxygen atoms in total. The van der Waals surface area contributed by atoms with Crippen LogP contribution in [0.3, 0.4) is 0 Å². The highest BCUT2D eigenvalue weighted by molar-refractivity contribution is 5.97. The van der Waals surface area contributed by atoms with Gasteiger partial charge in [-0.3, -0.25) is 14.4 Å². The zero-order valence-corrected chi connectivity index (χ0v) is 19.5. The Hall–Kier alpha value is -4.00. The molecule has 2 amide bonds. The normalized spacial score (nSPS) is 12.3. The maximum Gasteiger partial charge on any atom is 0.407 e. The summed E-state index contributed by atoms with van der Waals surface area (Å²) in [6.45, 7) is 9.30. The van der Waals surface area contributed by atoms with E-state index in [1.54, 1.807) is 23.9 Å². The third kappa shape index (κ3) is 5.09. The van der Waals surface area contributed by atoms with Gasteiger partial charge in [0, 0.05) is 19.2 Å². The molecule has 0 fully saturated rings. The van der Waals surface area contributed by atoms with Crippen LogP contribution in [0.5, 0.6) is 0 Å². The van der Waals surface area contributed by atoms with Crippen LogP contribution in [0.2, 0.25) is 0 Å². The summed E-state index contributed by atoms with van der Waals surface area (Å²) >= 11 is 0. The fraction of sp³-hybridized carbons (Fsp3) is 0.391. The second-order valence-corrected chi connectivity index (χ2v) is 9.04. The number of aryl methyl sites for hydroxylation is 2. The molecule has 0 saturated carbocycles. The van der Waals surface area contributed by atoms with Gasteiger partial charge >= 0.3 is 6.09 Å². The first-order valence-corrected chi connectivity index (χ1v) is 10.3. The van der Waals surface area contributed by atoms with Crippen LogP contribution < -0.4 is 5.32 Å². The van der Waals surface area contributed by atoms with Crippen LogP contribution in [0.15, 0.2) is 18.5 Å². The predicted molar refractivity (Wildman–Crippen MR) is 124 cm³/mol. The van der Waals surface area contributed by atoms with Crippen molar-refractivity contribution in [3.05, 3.63) is 29.8 Å². The minimum Gasteiger partial charge on any atom is -0.465 e. The number of pyridine rings is 1. The van der Waals surface area contributed by atoms with Crippen LogP contribution in [0.4, 0.5) is 10.6 Å². The van der Waals surface area contributed by atoms with Crippen LogP contribution in [-0.2, 0) is 11.8 Å². The Morgan fingerprint density at radius 1 is 1.30 bits per heavy atom. The van der Waals surface area contributed by atoms with E-state index in [-0.39, 0.29) is 17.8 Å². The molecule has 0 aliphatic rings. The molecule has 172 valence electrons. The molecule has 0 aliphatic carbocycles. The van der Waals surface area contributed by atoms with E-state index in [0.29, 0.717) is 22.5 Å². The first-order chi connectivity index (χ1) is 15.4. The lowest BCUT2D eigenvalue weighted by atomic mass is 9.95. The summed E-state index contributed by atoms with van der Waals surface area (Å²) in [6.07, 6.45) is 5.87. The second kappa shape index (κ2) is 8.86. The molecule has 0 spiro atoms. The van der Waals surface area contributed by atoms with Crippen molar-refractivity contribution in [2.45, 2.75) is 40.7 Å². The number of nitrogens with zero attached hydrogens (tertiary/aromatic N) is 6. The minimum absolute atomic E-state index is 0.193. The molecule has 0 aromatic carbocycles. The van der Waals surface area contributed by atoms with Gasteiger partial charge in [0.1, 0.15) is 34.9 Å². The van der Waals surface area contributed by atoms with E-state index < -0.39 is 18.0 Å². The maximum absolute atomic E-state index is 12.9. The molecule has 1 atom stereocenters. The van der Waals surface area contributed by atoms with Gasteiger partial charge < -0.3 is 10.4 Å². The Labute approximate surface area is 192 Å². The van der Waals surface area contributed by atoms with E-state index >= 15 is 0 Å². The Balaban J connectivity index is 1.98. The van der Waals surface area contributed by atoms with Crippen molar-refractivity contribution in [3.63, 3.8) is 0 Å². The number of anilines is 1. The van der Waals surface area contributed by atoms with E-state index in [2.05, 4.69) is 31.3 Å². The molecule has 0 aliphatic heterocycles. The molecule has 3 aromatic heterocycles. The minimum atomic E-state index is -1.17. The fourth-order valence-corrected chi connectivity index (χ4v) is 3.54. The highest BCUT2D eigenvalue weighted by Gasteiger charge is 2.29. The van der Waals surface area contributed by atoms with Crippen LogP contribution in [0.1, 0.15) is 39.1 Å². The molecule has 3 heterocycles. The number of hydrogen-bond donors (Lipinski definition) is 2. The number of carbonyl (C=O) groups excluding carboxylic acids is 1. The lowest BCUT2D eigenvalue weighted by Gasteiger charge is -2.31. The van der Waals surface area contributed by atoms with E-state index in [1.807, 2.05) is 27.7 Å². The molecule has 0 radical (unpaired) electrons. The number of carbonyl (C=O) groups is 2. The standard InChI is InChI=1S/C23H27N7O3/c1-8-16-9-15(19-20-18(24-12-25-19)13(2)28-29(20)7)10-17(26-16)27-21(31)14(3)30(22(32)33)11-23(4,5)6/h1,9-10,12,14H,11H2,2-7H3,(H,32,33)(H,26,27,31). The SMILES string of the molecule is C#Cc1cc(-c2ncnc3c(C)nn(C)c23)cc(NC(=O)C(C)N(CC(C)(C)C)C(=O)O)n1. The molecular weight excluding hydrogens is 422 g/mol. The van der Waals surface area contributed by atoms with Gasteiger partial charge in [-0.05, 0) is 31.4 Å². The number of rotatable bonds is 5. The molecule has 1 unspecified atom stereocenters. The van der Waals surface area contributed by atoms with Crippen molar-refractivity contribution < 1.29 is 14.7 Å². The monoisotopic (exact) mass is 449 g/mol. The third-order valence-corrected chi connectivity index (χ3v) is 5.02. The highest BCUT2D eigenvalue weighted by Crippen LogP contribution is 2.28. The van der Waals surface area contributed by atoms with Gasteiger partial charge in [-0.2, -0.15) is 5.10 Å². The molecule has 0 bridgehead atoms. The van der Waals surface area contributed by atoms with Crippen LogP contribution in [-0.4, -0.2) is 59.3 Å². The Bertz CT molecular complexity index is 1270. The van der Waals surface area contributed by atoms with Crippen LogP contribution in [0, 0.1) is 24.7 Å². The van der Waals surface area contributed by atoms with Crippen molar-refractivity contribution in [2.75, 3.05) is 11.9 Å². The fourth-order valence-electron chi connectivity index (χ4n) is 3.54. The summed E-state index contributed by atoms with van der Waals surface area (Å²) in [5.41, 5.74) is 3.38. The van der Waals surface area contributed by atoms with E-state index in [1.165, 1.54) is 13.3 Å². The smallest absolute Gasteiger partial charge is 0.407 e. The first kappa shape index (κ1) is 23.7. The number of nitrogens with one attached hydrogen (secondary N) is 1. The molecule has 3 rings (SSSR count). The number of hydrogen-bond acceptors (Lipinski definition) is 6. The lowest BCUT2D eigenvalue weighted by Crippen LogP contribution is -2.48. The van der Waals surface area contributed by atoms with Crippen molar-refractivity contribution in [2.24, 2.45) is 12.5 Å². The van der Waals surface area contributed by atoms with Gasteiger partial charge in [-0.1, -0.05) is 26.7 Å². The van der Waals surface area contributed by atoms with Crippen LogP contribution >= 0.6 is 0 Å². The number of carboxylic acid groups (broad SMARTS) is 1. The highest BCUT2D eigenvalue weighted by atomic mass is 16.4. The average molecular weight is 450 g/mol. The van der Waals surface area contributed by atoms with Gasteiger partial charge in [0.2, 0.25) is 5.91 Å². The van der Waals surface area contributed by atoms with Gasteiger partial charge in [0.25, 0.3) is 0 Å². The van der Waals surface area contributed by atoms with Crippen molar-refractivity contribution >= 4 is 28.9 Å². The van der Waals surface area contributed by atoms with E-state index in [9.17, 15) is 14.7 Å². The molecule has 33 heavy (non-hydrogen) atoms. The largest absolute Gasteiger partial charge is 0.465 e. The van der Waals surface area contributed by atoms with Crippen molar-refractivity contribution in [1.29, 1.82) is 0 Å². The molecule has 0 saturated heterocycles. The van der Waals surface area contributed by atoms with Crippen molar-refractivity contribution in [3.8, 4) is 23.6 Å². The average Bonchev–Trinajstić information content (AvgIpc) is 3.04. The summed E-state index contributed by atoms with van der Waals surface area (Å²) in [7, 11) is 1.80. The summed E-state index contributed by atoms with van der Waals surface area (Å²) < 4.78 is 1.69. The molecule has 3 aromatic rings. The maximum atomic E-state index is 12.9. The van der Waals surface area contributed by atoms with Gasteiger partial charge in [0.15, 0.2) is 0 Å². The summed E-state index contributed by atoms with van der Waals surface area (Å²) in [5.74, 6) is 2.17. The first-order valence-electron chi connectivity index (χ1n) is 10.3. The Morgan fingerprint density at radius 2 is 2.00 bits per heavy atom. The summed E-state index contributed by atoms with van der Waals surface area (Å²) in [5, 5.41) is 16.7. The quantitative estimate of drug-likeness (QED) is 0.573. The molecular formula is C23H27N7O3. The number of terminal acetylenes is 1.